The molecule has 0 bridgehead atoms. The van der Waals surface area contributed by atoms with Crippen LogP contribution in [0.1, 0.15) is 11.1 Å². The summed E-state index contributed by atoms with van der Waals surface area (Å²) in [6, 6.07) is 18.5. The van der Waals surface area contributed by atoms with E-state index in [9.17, 15) is 0 Å². The van der Waals surface area contributed by atoms with Crippen molar-refractivity contribution in [1.82, 2.24) is 15.2 Å². The van der Waals surface area contributed by atoms with Crippen LogP contribution in [0.4, 0.5) is 11.6 Å². The first kappa shape index (κ1) is 13.7. The van der Waals surface area contributed by atoms with Crippen LogP contribution in [0.5, 0.6) is 0 Å². The molecule has 21 heavy (non-hydrogen) atoms. The maximum absolute atomic E-state index is 4.43. The molecule has 0 saturated heterocycles. The molecule has 5 heteroatoms. The molecular weight excluding hydrogens is 280 g/mol. The zero-order valence-electron chi connectivity index (χ0n) is 11.7. The highest BCUT2D eigenvalue weighted by Crippen LogP contribution is 2.21. The third-order valence-electron chi connectivity index (χ3n) is 2.99. The Morgan fingerprint density at radius 3 is 2.57 bits per heavy atom. The van der Waals surface area contributed by atoms with Crippen molar-refractivity contribution in [3.63, 3.8) is 0 Å². The molecule has 4 nitrogen and oxygen atoms in total. The number of hydrogen-bond acceptors (Lipinski definition) is 4. The van der Waals surface area contributed by atoms with Crippen LogP contribution >= 0.6 is 11.8 Å². The molecule has 3 rings (SSSR count). The van der Waals surface area contributed by atoms with Crippen molar-refractivity contribution in [3.05, 3.63) is 65.7 Å². The fraction of sp³-hybridized carbons (Fsp3) is 0.125. The number of nitrogens with one attached hydrogen (secondary N) is 2. The summed E-state index contributed by atoms with van der Waals surface area (Å²) in [7, 11) is 0. The van der Waals surface area contributed by atoms with E-state index < -0.39 is 0 Å². The second-order valence-corrected chi connectivity index (χ2v) is 5.67. The Morgan fingerprint density at radius 1 is 1.05 bits per heavy atom. The maximum atomic E-state index is 4.43. The summed E-state index contributed by atoms with van der Waals surface area (Å²) in [5, 5.41) is 11.1. The quantitative estimate of drug-likeness (QED) is 0.694. The van der Waals surface area contributed by atoms with E-state index in [2.05, 4.69) is 51.7 Å². The van der Waals surface area contributed by atoms with E-state index in [0.717, 1.165) is 16.6 Å². The topological polar surface area (TPSA) is 53.6 Å². The molecule has 2 aromatic carbocycles. The summed E-state index contributed by atoms with van der Waals surface area (Å²) in [6.07, 6.45) is 0. The lowest BCUT2D eigenvalue weighted by molar-refractivity contribution is 0.973. The molecule has 0 fully saturated rings. The number of aromatic amines is 1. The lowest BCUT2D eigenvalue weighted by atomic mass is 10.2. The van der Waals surface area contributed by atoms with Crippen LogP contribution in [0, 0.1) is 6.92 Å². The van der Waals surface area contributed by atoms with Crippen LogP contribution in [0.25, 0.3) is 0 Å². The van der Waals surface area contributed by atoms with Gasteiger partial charge in [-0.1, -0.05) is 59.8 Å². The molecule has 3 aromatic rings. The van der Waals surface area contributed by atoms with Gasteiger partial charge in [0.25, 0.3) is 0 Å². The Balaban J connectivity index is 1.59. The van der Waals surface area contributed by atoms with Crippen molar-refractivity contribution in [1.29, 1.82) is 0 Å². The normalized spacial score (nSPS) is 10.5. The standard InChI is InChI=1S/C16H16N4S/c1-12-7-9-14(10-8-12)17-15-18-16(20-19-15)21-11-13-5-3-2-4-6-13/h2-10H,11H2,1H3,(H2,17,18,19,20). The SMILES string of the molecule is Cc1ccc(Nc2nc(SCc3ccccc3)n[nH]2)cc1. The summed E-state index contributed by atoms with van der Waals surface area (Å²) in [5.41, 5.74) is 3.49. The van der Waals surface area contributed by atoms with Gasteiger partial charge in [-0.2, -0.15) is 4.98 Å². The highest BCUT2D eigenvalue weighted by molar-refractivity contribution is 7.98. The molecule has 0 spiro atoms. The van der Waals surface area contributed by atoms with Crippen LogP contribution in [0.15, 0.2) is 59.8 Å². The zero-order valence-corrected chi connectivity index (χ0v) is 12.5. The molecule has 0 unspecified atom stereocenters. The Bertz CT molecular complexity index is 692. The molecule has 0 aliphatic rings. The van der Waals surface area contributed by atoms with Crippen molar-refractivity contribution in [2.24, 2.45) is 0 Å². The summed E-state index contributed by atoms with van der Waals surface area (Å²) in [5.74, 6) is 1.53. The van der Waals surface area contributed by atoms with Gasteiger partial charge in [-0.25, -0.2) is 5.10 Å². The zero-order chi connectivity index (χ0) is 14.5. The van der Waals surface area contributed by atoms with Gasteiger partial charge < -0.3 is 5.32 Å². The number of hydrogen-bond donors (Lipinski definition) is 2. The molecule has 0 radical (unpaired) electrons. The largest absolute Gasteiger partial charge is 0.325 e. The Morgan fingerprint density at radius 2 is 1.81 bits per heavy atom. The van der Waals surface area contributed by atoms with Gasteiger partial charge in [0, 0.05) is 11.4 Å². The third-order valence-corrected chi connectivity index (χ3v) is 3.91. The van der Waals surface area contributed by atoms with Crippen molar-refractivity contribution in [2.45, 2.75) is 17.8 Å². The lowest BCUT2D eigenvalue weighted by Gasteiger charge is -2.01. The van der Waals surface area contributed by atoms with Crippen LogP contribution in [-0.4, -0.2) is 15.2 Å². The first-order valence-corrected chi connectivity index (χ1v) is 7.71. The molecule has 0 saturated carbocycles. The van der Waals surface area contributed by atoms with Gasteiger partial charge in [0.2, 0.25) is 11.1 Å². The summed E-state index contributed by atoms with van der Waals surface area (Å²) >= 11 is 1.61. The fourth-order valence-electron chi connectivity index (χ4n) is 1.86. The molecular formula is C16H16N4S. The molecule has 1 heterocycles. The molecule has 0 aliphatic carbocycles. The van der Waals surface area contributed by atoms with E-state index in [1.165, 1.54) is 11.1 Å². The van der Waals surface area contributed by atoms with Crippen molar-refractivity contribution < 1.29 is 0 Å². The van der Waals surface area contributed by atoms with Gasteiger partial charge in [-0.15, -0.1) is 5.10 Å². The van der Waals surface area contributed by atoms with Crippen molar-refractivity contribution in [3.8, 4) is 0 Å². The number of anilines is 2. The van der Waals surface area contributed by atoms with Crippen LogP contribution < -0.4 is 5.32 Å². The highest BCUT2D eigenvalue weighted by Gasteiger charge is 2.04. The predicted octanol–water partition coefficient (Wildman–Crippen LogP) is 4.15. The van der Waals surface area contributed by atoms with Gasteiger partial charge in [0.15, 0.2) is 0 Å². The van der Waals surface area contributed by atoms with Crippen LogP contribution in [-0.2, 0) is 5.75 Å². The van der Waals surface area contributed by atoms with Gasteiger partial charge in [0.05, 0.1) is 0 Å². The molecule has 0 amide bonds. The number of aromatic nitrogens is 3. The minimum atomic E-state index is 0.661. The minimum absolute atomic E-state index is 0.661. The monoisotopic (exact) mass is 296 g/mol. The van der Waals surface area contributed by atoms with Gasteiger partial charge in [-0.3, -0.25) is 0 Å². The predicted molar refractivity (Wildman–Crippen MR) is 86.8 cm³/mol. The Kier molecular flexibility index (Phi) is 4.21. The van der Waals surface area contributed by atoms with E-state index in [4.69, 9.17) is 0 Å². The van der Waals surface area contributed by atoms with E-state index in [1.54, 1.807) is 11.8 Å². The Labute approximate surface area is 128 Å². The number of thioether (sulfide) groups is 1. The molecule has 0 atom stereocenters. The summed E-state index contributed by atoms with van der Waals surface area (Å²) in [6.45, 7) is 2.07. The highest BCUT2D eigenvalue weighted by atomic mass is 32.2. The number of benzene rings is 2. The van der Waals surface area contributed by atoms with E-state index in [0.29, 0.717) is 5.95 Å². The van der Waals surface area contributed by atoms with Crippen LogP contribution in [0.2, 0.25) is 0 Å². The van der Waals surface area contributed by atoms with Crippen molar-refractivity contribution >= 4 is 23.4 Å². The van der Waals surface area contributed by atoms with E-state index >= 15 is 0 Å². The Hall–Kier alpha value is -2.27. The molecule has 0 aliphatic heterocycles. The van der Waals surface area contributed by atoms with Gasteiger partial charge in [-0.05, 0) is 24.6 Å². The first-order chi connectivity index (χ1) is 10.3. The summed E-state index contributed by atoms with van der Waals surface area (Å²) in [4.78, 5) is 4.43. The number of nitrogens with zero attached hydrogens (tertiary/aromatic N) is 2. The number of H-pyrrole nitrogens is 1. The number of aryl methyl sites for hydroxylation is 1. The first-order valence-electron chi connectivity index (χ1n) is 6.72. The van der Waals surface area contributed by atoms with Crippen molar-refractivity contribution in [2.75, 3.05) is 5.32 Å². The second kappa shape index (κ2) is 6.45. The average Bonchev–Trinajstić information content (AvgIpc) is 2.96. The third kappa shape index (κ3) is 3.86. The van der Waals surface area contributed by atoms with E-state index in [1.807, 2.05) is 30.3 Å². The maximum Gasteiger partial charge on any atom is 0.223 e. The summed E-state index contributed by atoms with van der Waals surface area (Å²) < 4.78 is 0. The number of rotatable bonds is 5. The van der Waals surface area contributed by atoms with E-state index in [-0.39, 0.29) is 0 Å². The van der Waals surface area contributed by atoms with Gasteiger partial charge >= 0.3 is 0 Å². The van der Waals surface area contributed by atoms with Crippen LogP contribution in [0.3, 0.4) is 0 Å². The molecule has 1 aromatic heterocycles. The molecule has 2 N–H and O–H groups in total. The smallest absolute Gasteiger partial charge is 0.223 e. The minimum Gasteiger partial charge on any atom is -0.325 e. The average molecular weight is 296 g/mol. The molecule has 106 valence electrons. The lowest BCUT2D eigenvalue weighted by Crippen LogP contribution is -1.92. The fourth-order valence-corrected chi connectivity index (χ4v) is 2.62. The van der Waals surface area contributed by atoms with Gasteiger partial charge in [0.1, 0.15) is 0 Å². The second-order valence-electron chi connectivity index (χ2n) is 4.73.